The molecule has 0 atom stereocenters. The van der Waals surface area contributed by atoms with E-state index in [1.807, 2.05) is 25.1 Å². The van der Waals surface area contributed by atoms with Gasteiger partial charge < -0.3 is 10.2 Å². The molecule has 0 saturated heterocycles. The lowest BCUT2D eigenvalue weighted by Crippen LogP contribution is -2.42. The second-order valence-corrected chi connectivity index (χ2v) is 6.70. The first-order valence-corrected chi connectivity index (χ1v) is 7.89. The summed E-state index contributed by atoms with van der Waals surface area (Å²) >= 11 is 1.75. The number of amides is 1. The number of carbonyl (C=O) groups is 1. The van der Waals surface area contributed by atoms with Crippen molar-refractivity contribution in [2.45, 2.75) is 42.1 Å². The smallest absolute Gasteiger partial charge is 0.234 e. The first-order valence-electron chi connectivity index (χ1n) is 7.01. The topological polar surface area (TPSA) is 58.1 Å². The Labute approximate surface area is 124 Å². The molecule has 1 amide bonds. The molecule has 1 saturated carbocycles. The summed E-state index contributed by atoms with van der Waals surface area (Å²) in [6.07, 6.45) is 7.86. The molecule has 0 radical (unpaired) electrons. The molecule has 1 N–H and O–H groups in total. The molecular formula is C14H22N4OS. The van der Waals surface area contributed by atoms with Crippen LogP contribution in [0.3, 0.4) is 0 Å². The molecular weight excluding hydrogens is 272 g/mol. The molecule has 1 aromatic rings. The first-order chi connectivity index (χ1) is 9.63. The summed E-state index contributed by atoms with van der Waals surface area (Å²) in [6.45, 7) is 0.465. The van der Waals surface area contributed by atoms with Crippen molar-refractivity contribution < 1.29 is 4.79 Å². The SMILES string of the molecule is CN(C)CC(=O)NC1CCC(Sc2ncccn2)CC1. The number of likely N-dealkylation sites (N-methyl/N-ethyl adjacent to an activating group) is 1. The fraction of sp³-hybridized carbons (Fsp3) is 0.643. The summed E-state index contributed by atoms with van der Waals surface area (Å²) in [4.78, 5) is 22.1. The Morgan fingerprint density at radius 2 is 1.95 bits per heavy atom. The predicted molar refractivity (Wildman–Crippen MR) is 80.6 cm³/mol. The maximum absolute atomic E-state index is 11.7. The number of hydrogen-bond acceptors (Lipinski definition) is 5. The highest BCUT2D eigenvalue weighted by molar-refractivity contribution is 7.99. The standard InChI is InChI=1S/C14H22N4OS/c1-18(2)10-13(19)17-11-4-6-12(7-5-11)20-14-15-8-3-9-16-14/h3,8-9,11-12H,4-7,10H2,1-2H3,(H,17,19). The third-order valence-electron chi connectivity index (χ3n) is 3.31. The molecule has 6 heteroatoms. The van der Waals surface area contributed by atoms with E-state index in [0.717, 1.165) is 30.8 Å². The van der Waals surface area contributed by atoms with Crippen LogP contribution in [0.5, 0.6) is 0 Å². The van der Waals surface area contributed by atoms with Crippen molar-refractivity contribution in [3.63, 3.8) is 0 Å². The van der Waals surface area contributed by atoms with Gasteiger partial charge in [-0.15, -0.1) is 0 Å². The van der Waals surface area contributed by atoms with Crippen LogP contribution in [0.25, 0.3) is 0 Å². The minimum atomic E-state index is 0.123. The van der Waals surface area contributed by atoms with Gasteiger partial charge in [0, 0.05) is 23.7 Å². The average Bonchev–Trinajstić information content (AvgIpc) is 2.41. The van der Waals surface area contributed by atoms with Gasteiger partial charge in [0.05, 0.1) is 6.54 Å². The number of aromatic nitrogens is 2. The van der Waals surface area contributed by atoms with Gasteiger partial charge in [-0.25, -0.2) is 9.97 Å². The van der Waals surface area contributed by atoms with Crippen LogP contribution >= 0.6 is 11.8 Å². The number of hydrogen-bond donors (Lipinski definition) is 1. The maximum atomic E-state index is 11.7. The second-order valence-electron chi connectivity index (χ2n) is 5.43. The molecule has 1 heterocycles. The van der Waals surface area contributed by atoms with Gasteiger partial charge in [-0.2, -0.15) is 0 Å². The summed E-state index contributed by atoms with van der Waals surface area (Å²) in [5, 5.41) is 4.54. The van der Waals surface area contributed by atoms with Crippen molar-refractivity contribution in [3.8, 4) is 0 Å². The second kappa shape index (κ2) is 7.59. The van der Waals surface area contributed by atoms with Gasteiger partial charge in [0.15, 0.2) is 5.16 Å². The molecule has 0 bridgehead atoms. The van der Waals surface area contributed by atoms with Gasteiger partial charge in [0.25, 0.3) is 0 Å². The average molecular weight is 294 g/mol. The Kier molecular flexibility index (Phi) is 5.79. The first kappa shape index (κ1) is 15.3. The van der Waals surface area contributed by atoms with E-state index in [1.165, 1.54) is 0 Å². The number of nitrogens with zero attached hydrogens (tertiary/aromatic N) is 3. The minimum Gasteiger partial charge on any atom is -0.352 e. The zero-order valence-corrected chi connectivity index (χ0v) is 12.9. The third-order valence-corrected chi connectivity index (χ3v) is 4.54. The van der Waals surface area contributed by atoms with E-state index in [2.05, 4.69) is 15.3 Å². The van der Waals surface area contributed by atoms with Crippen LogP contribution in [0.2, 0.25) is 0 Å². The third kappa shape index (κ3) is 5.09. The number of nitrogens with one attached hydrogen (secondary N) is 1. The fourth-order valence-corrected chi connectivity index (χ4v) is 3.43. The summed E-state index contributed by atoms with van der Waals surface area (Å²) < 4.78 is 0. The van der Waals surface area contributed by atoms with E-state index in [9.17, 15) is 4.79 Å². The minimum absolute atomic E-state index is 0.123. The molecule has 1 aliphatic rings. The molecule has 0 aliphatic heterocycles. The highest BCUT2D eigenvalue weighted by Crippen LogP contribution is 2.31. The number of carbonyl (C=O) groups excluding carboxylic acids is 1. The normalized spacial score (nSPS) is 22.8. The van der Waals surface area contributed by atoms with Crippen LogP contribution in [0.4, 0.5) is 0 Å². The van der Waals surface area contributed by atoms with Crippen LogP contribution in [-0.2, 0) is 4.79 Å². The van der Waals surface area contributed by atoms with E-state index in [4.69, 9.17) is 0 Å². The summed E-state index contributed by atoms with van der Waals surface area (Å²) in [5.74, 6) is 0.123. The molecule has 110 valence electrons. The molecule has 1 fully saturated rings. The Morgan fingerprint density at radius 1 is 1.30 bits per heavy atom. The molecule has 1 aromatic heterocycles. The Morgan fingerprint density at radius 3 is 2.55 bits per heavy atom. The van der Waals surface area contributed by atoms with Crippen LogP contribution in [-0.4, -0.2) is 52.7 Å². The van der Waals surface area contributed by atoms with Gasteiger partial charge in [-0.05, 0) is 45.8 Å². The quantitative estimate of drug-likeness (QED) is 0.835. The van der Waals surface area contributed by atoms with Crippen molar-refractivity contribution in [2.75, 3.05) is 20.6 Å². The Balaban J connectivity index is 1.71. The fourth-order valence-electron chi connectivity index (χ4n) is 2.38. The van der Waals surface area contributed by atoms with E-state index < -0.39 is 0 Å². The van der Waals surface area contributed by atoms with Crippen molar-refractivity contribution in [1.29, 1.82) is 0 Å². The molecule has 20 heavy (non-hydrogen) atoms. The van der Waals surface area contributed by atoms with Crippen molar-refractivity contribution in [1.82, 2.24) is 20.2 Å². The van der Waals surface area contributed by atoms with Gasteiger partial charge in [-0.3, -0.25) is 4.79 Å². The van der Waals surface area contributed by atoms with Gasteiger partial charge >= 0.3 is 0 Å². The molecule has 1 aliphatic carbocycles. The van der Waals surface area contributed by atoms with E-state index in [1.54, 1.807) is 24.2 Å². The van der Waals surface area contributed by atoms with Crippen LogP contribution in [0.1, 0.15) is 25.7 Å². The van der Waals surface area contributed by atoms with Crippen molar-refractivity contribution in [3.05, 3.63) is 18.5 Å². The van der Waals surface area contributed by atoms with Crippen LogP contribution in [0, 0.1) is 0 Å². The van der Waals surface area contributed by atoms with E-state index >= 15 is 0 Å². The van der Waals surface area contributed by atoms with E-state index in [0.29, 0.717) is 17.8 Å². The highest BCUT2D eigenvalue weighted by atomic mass is 32.2. The largest absolute Gasteiger partial charge is 0.352 e. The number of thioether (sulfide) groups is 1. The summed E-state index contributed by atoms with van der Waals surface area (Å²) in [6, 6.07) is 2.16. The molecule has 2 rings (SSSR count). The van der Waals surface area contributed by atoms with E-state index in [-0.39, 0.29) is 5.91 Å². The molecule has 0 unspecified atom stereocenters. The lowest BCUT2D eigenvalue weighted by molar-refractivity contribution is -0.122. The Hall–Kier alpha value is -1.14. The molecule has 5 nitrogen and oxygen atoms in total. The predicted octanol–water partition coefficient (Wildman–Crippen LogP) is 1.56. The van der Waals surface area contributed by atoms with Crippen molar-refractivity contribution in [2.24, 2.45) is 0 Å². The van der Waals surface area contributed by atoms with Crippen molar-refractivity contribution >= 4 is 17.7 Å². The lowest BCUT2D eigenvalue weighted by atomic mass is 9.95. The van der Waals surface area contributed by atoms with Crippen LogP contribution in [0.15, 0.2) is 23.6 Å². The highest BCUT2D eigenvalue weighted by Gasteiger charge is 2.23. The zero-order chi connectivity index (χ0) is 14.4. The summed E-state index contributed by atoms with van der Waals surface area (Å²) in [5.41, 5.74) is 0. The van der Waals surface area contributed by atoms with Crippen LogP contribution < -0.4 is 5.32 Å². The van der Waals surface area contributed by atoms with Gasteiger partial charge in [0.1, 0.15) is 0 Å². The monoisotopic (exact) mass is 294 g/mol. The van der Waals surface area contributed by atoms with Gasteiger partial charge in [0.2, 0.25) is 5.91 Å². The van der Waals surface area contributed by atoms with Gasteiger partial charge in [-0.1, -0.05) is 11.8 Å². The zero-order valence-electron chi connectivity index (χ0n) is 12.1. The maximum Gasteiger partial charge on any atom is 0.234 e. The molecule has 0 spiro atoms. The lowest BCUT2D eigenvalue weighted by Gasteiger charge is -2.28. The number of rotatable bonds is 5. The molecule has 0 aromatic carbocycles. The summed E-state index contributed by atoms with van der Waals surface area (Å²) in [7, 11) is 3.82. The Bertz CT molecular complexity index is 418.